The number of anilines is 1. The molecule has 1 atom stereocenters. The van der Waals surface area contributed by atoms with E-state index in [1.54, 1.807) is 18.3 Å². The number of rotatable bonds is 6. The number of H-pyrrole nitrogens is 1. The van der Waals surface area contributed by atoms with Crippen LogP contribution in [0, 0.1) is 5.92 Å². The van der Waals surface area contributed by atoms with Crippen molar-refractivity contribution >= 4 is 51.6 Å². The van der Waals surface area contributed by atoms with Crippen molar-refractivity contribution in [3.8, 4) is 0 Å². The first-order valence-electron chi connectivity index (χ1n) is 8.83. The highest BCUT2D eigenvalue weighted by Crippen LogP contribution is 2.22. The molecule has 0 aliphatic rings. The van der Waals surface area contributed by atoms with Crippen molar-refractivity contribution < 1.29 is 9.59 Å². The molecule has 8 heteroatoms. The molecule has 0 fully saturated rings. The third kappa shape index (κ3) is 4.82. The average Bonchev–Trinajstić information content (AvgIpc) is 3.08. The lowest BCUT2D eigenvalue weighted by Gasteiger charge is -2.20. The predicted molar refractivity (Wildman–Crippen MR) is 112 cm³/mol. The summed E-state index contributed by atoms with van der Waals surface area (Å²) >= 11 is 12.0. The van der Waals surface area contributed by atoms with Gasteiger partial charge in [0, 0.05) is 16.1 Å². The summed E-state index contributed by atoms with van der Waals surface area (Å²) in [6, 6.07) is 9.34. The molecule has 3 aromatic rings. The highest BCUT2D eigenvalue weighted by atomic mass is 35.5. The van der Waals surface area contributed by atoms with Crippen molar-refractivity contribution in [2.45, 2.75) is 26.3 Å². The van der Waals surface area contributed by atoms with Gasteiger partial charge in [0.25, 0.3) is 5.91 Å². The molecule has 0 saturated heterocycles. The summed E-state index contributed by atoms with van der Waals surface area (Å²) in [6.07, 6.45) is 2.16. The van der Waals surface area contributed by atoms with Gasteiger partial charge in [-0.1, -0.05) is 37.0 Å². The van der Waals surface area contributed by atoms with Crippen LogP contribution in [0.2, 0.25) is 10.0 Å². The Morgan fingerprint density at radius 2 is 1.93 bits per heavy atom. The van der Waals surface area contributed by atoms with Crippen molar-refractivity contribution in [2.75, 3.05) is 5.32 Å². The number of benzene rings is 2. The van der Waals surface area contributed by atoms with Gasteiger partial charge in [0.1, 0.15) is 6.04 Å². The highest BCUT2D eigenvalue weighted by molar-refractivity contribution is 6.36. The molecule has 0 saturated carbocycles. The molecule has 2 aromatic carbocycles. The van der Waals surface area contributed by atoms with Crippen molar-refractivity contribution in [1.82, 2.24) is 15.5 Å². The van der Waals surface area contributed by atoms with E-state index in [4.69, 9.17) is 23.2 Å². The first kappa shape index (κ1) is 20.2. The Morgan fingerprint density at radius 1 is 1.14 bits per heavy atom. The lowest BCUT2D eigenvalue weighted by molar-refractivity contribution is -0.118. The van der Waals surface area contributed by atoms with Gasteiger partial charge >= 0.3 is 0 Å². The summed E-state index contributed by atoms with van der Waals surface area (Å²) < 4.78 is 0. The van der Waals surface area contributed by atoms with Crippen molar-refractivity contribution in [3.63, 3.8) is 0 Å². The van der Waals surface area contributed by atoms with Gasteiger partial charge < -0.3 is 10.6 Å². The molecule has 6 nitrogen and oxygen atoms in total. The molecule has 0 radical (unpaired) electrons. The molecule has 0 bridgehead atoms. The van der Waals surface area contributed by atoms with Gasteiger partial charge in [0.15, 0.2) is 0 Å². The van der Waals surface area contributed by atoms with E-state index >= 15 is 0 Å². The topological polar surface area (TPSA) is 86.9 Å². The minimum Gasteiger partial charge on any atom is -0.340 e. The second-order valence-corrected chi connectivity index (χ2v) is 7.78. The van der Waals surface area contributed by atoms with Crippen LogP contribution in [-0.2, 0) is 4.79 Å². The second-order valence-electron chi connectivity index (χ2n) is 6.94. The smallest absolute Gasteiger partial charge is 0.253 e. The zero-order chi connectivity index (χ0) is 20.3. The van der Waals surface area contributed by atoms with E-state index in [1.807, 2.05) is 26.0 Å². The lowest BCUT2D eigenvalue weighted by Crippen LogP contribution is -2.44. The summed E-state index contributed by atoms with van der Waals surface area (Å²) in [5, 5.41) is 14.0. The monoisotopic (exact) mass is 418 g/mol. The summed E-state index contributed by atoms with van der Waals surface area (Å²) in [5.41, 5.74) is 1.78. The van der Waals surface area contributed by atoms with Crippen molar-refractivity contribution in [1.29, 1.82) is 0 Å². The first-order valence-corrected chi connectivity index (χ1v) is 9.59. The third-order valence-corrected chi connectivity index (χ3v) is 4.76. The molecule has 1 unspecified atom stereocenters. The van der Waals surface area contributed by atoms with Crippen LogP contribution in [-0.4, -0.2) is 28.1 Å². The summed E-state index contributed by atoms with van der Waals surface area (Å²) in [6.45, 7) is 3.97. The summed E-state index contributed by atoms with van der Waals surface area (Å²) in [7, 11) is 0. The van der Waals surface area contributed by atoms with E-state index < -0.39 is 11.9 Å². The maximum atomic E-state index is 12.8. The Morgan fingerprint density at radius 3 is 2.64 bits per heavy atom. The zero-order valence-corrected chi connectivity index (χ0v) is 16.9. The lowest BCUT2D eigenvalue weighted by atomic mass is 10.0. The molecule has 28 heavy (non-hydrogen) atoms. The molecule has 1 aromatic heterocycles. The predicted octanol–water partition coefficient (Wildman–Crippen LogP) is 4.65. The Kier molecular flexibility index (Phi) is 6.21. The number of halogens is 2. The standard InChI is InChI=1S/C20H20Cl2N4O2/c1-11(2)7-18(25-19(27)15-5-3-13(21)9-16(15)22)20(28)24-14-4-6-17-12(8-14)10-23-26-17/h3-6,8-11,18H,7H2,1-2H3,(H,23,26)(H,24,28)(H,25,27). The van der Waals surface area contributed by atoms with Gasteiger partial charge in [-0.05, 0) is 48.7 Å². The normalized spacial score (nSPS) is 12.2. The van der Waals surface area contributed by atoms with Gasteiger partial charge in [-0.25, -0.2) is 0 Å². The van der Waals surface area contributed by atoms with E-state index in [-0.39, 0.29) is 22.4 Å². The molecule has 2 amide bonds. The molecular formula is C20H20Cl2N4O2. The minimum absolute atomic E-state index is 0.202. The second kappa shape index (κ2) is 8.63. The fourth-order valence-corrected chi connectivity index (χ4v) is 3.36. The number of aromatic nitrogens is 2. The van der Waals surface area contributed by atoms with E-state index in [2.05, 4.69) is 20.8 Å². The Labute approximate surface area is 172 Å². The molecular weight excluding hydrogens is 399 g/mol. The Balaban J connectivity index is 1.76. The van der Waals surface area contributed by atoms with Crippen molar-refractivity contribution in [3.05, 3.63) is 58.2 Å². The Hall–Kier alpha value is -2.57. The fraction of sp³-hybridized carbons (Fsp3) is 0.250. The van der Waals surface area contributed by atoms with Crippen LogP contribution in [0.25, 0.3) is 10.9 Å². The number of carbonyl (C=O) groups excluding carboxylic acids is 2. The van der Waals surface area contributed by atoms with Crippen LogP contribution in [0.5, 0.6) is 0 Å². The largest absolute Gasteiger partial charge is 0.340 e. The van der Waals surface area contributed by atoms with Crippen LogP contribution in [0.15, 0.2) is 42.6 Å². The van der Waals surface area contributed by atoms with Gasteiger partial charge in [0.05, 0.1) is 22.3 Å². The minimum atomic E-state index is -0.709. The Bertz CT molecular complexity index is 1020. The van der Waals surface area contributed by atoms with Crippen LogP contribution < -0.4 is 10.6 Å². The first-order chi connectivity index (χ1) is 13.3. The van der Waals surface area contributed by atoms with Crippen molar-refractivity contribution in [2.24, 2.45) is 5.92 Å². The van der Waals surface area contributed by atoms with Gasteiger partial charge in [0.2, 0.25) is 5.91 Å². The van der Waals surface area contributed by atoms with E-state index in [9.17, 15) is 9.59 Å². The van der Waals surface area contributed by atoms with Gasteiger partial charge in [-0.3, -0.25) is 14.7 Å². The summed E-state index contributed by atoms with van der Waals surface area (Å²) in [5.74, 6) is -0.518. The molecule has 0 spiro atoms. The number of amides is 2. The van der Waals surface area contributed by atoms with E-state index in [0.717, 1.165) is 10.9 Å². The van der Waals surface area contributed by atoms with Gasteiger partial charge in [-0.15, -0.1) is 0 Å². The number of nitrogens with one attached hydrogen (secondary N) is 3. The maximum absolute atomic E-state index is 12.8. The number of hydrogen-bond acceptors (Lipinski definition) is 3. The van der Waals surface area contributed by atoms with Crippen LogP contribution in [0.4, 0.5) is 5.69 Å². The number of nitrogens with zero attached hydrogens (tertiary/aromatic N) is 1. The molecule has 3 rings (SSSR count). The number of hydrogen-bond donors (Lipinski definition) is 3. The maximum Gasteiger partial charge on any atom is 0.253 e. The molecule has 0 aliphatic heterocycles. The zero-order valence-electron chi connectivity index (χ0n) is 15.4. The average molecular weight is 419 g/mol. The number of aromatic amines is 1. The number of carbonyl (C=O) groups is 2. The summed E-state index contributed by atoms with van der Waals surface area (Å²) in [4.78, 5) is 25.5. The van der Waals surface area contributed by atoms with E-state index in [1.165, 1.54) is 12.1 Å². The SMILES string of the molecule is CC(C)CC(NC(=O)c1ccc(Cl)cc1Cl)C(=O)Nc1ccc2[nH]ncc2c1. The fourth-order valence-electron chi connectivity index (χ4n) is 2.86. The quantitative estimate of drug-likeness (QED) is 0.544. The molecule has 3 N–H and O–H groups in total. The third-order valence-electron chi connectivity index (χ3n) is 4.21. The van der Waals surface area contributed by atoms with Crippen LogP contribution in [0.1, 0.15) is 30.6 Å². The molecule has 1 heterocycles. The number of fused-ring (bicyclic) bond motifs is 1. The van der Waals surface area contributed by atoms with Crippen LogP contribution >= 0.6 is 23.2 Å². The highest BCUT2D eigenvalue weighted by Gasteiger charge is 2.24. The molecule has 146 valence electrons. The van der Waals surface area contributed by atoms with Gasteiger partial charge in [-0.2, -0.15) is 5.10 Å². The molecule has 0 aliphatic carbocycles. The van der Waals surface area contributed by atoms with Crippen LogP contribution in [0.3, 0.4) is 0 Å². The van der Waals surface area contributed by atoms with E-state index in [0.29, 0.717) is 17.1 Å².